The van der Waals surface area contributed by atoms with Gasteiger partial charge < -0.3 is 10.8 Å². The van der Waals surface area contributed by atoms with Crippen LogP contribution < -0.4 is 5.73 Å². The van der Waals surface area contributed by atoms with Crippen molar-refractivity contribution in [1.29, 1.82) is 0 Å². The maximum Gasteiger partial charge on any atom is 0.289 e. The molecule has 3 N–H and O–H groups in total. The van der Waals surface area contributed by atoms with Crippen LogP contribution in [0.1, 0.15) is 11.6 Å². The van der Waals surface area contributed by atoms with Gasteiger partial charge in [-0.05, 0) is 12.1 Å². The minimum absolute atomic E-state index is 0.0812. The van der Waals surface area contributed by atoms with E-state index in [0.717, 1.165) is 12.1 Å². The summed E-state index contributed by atoms with van der Waals surface area (Å²) in [5.41, 5.74) is 4.56. The number of alkyl halides is 2. The number of hydrogen-bond acceptors (Lipinski definition) is 2. The highest BCUT2D eigenvalue weighted by atomic mass is 35.5. The molecule has 0 saturated carbocycles. The lowest BCUT2D eigenvalue weighted by Crippen LogP contribution is -2.37. The van der Waals surface area contributed by atoms with E-state index in [4.69, 9.17) is 34.0 Å². The van der Waals surface area contributed by atoms with E-state index >= 15 is 0 Å². The van der Waals surface area contributed by atoms with Gasteiger partial charge in [0.15, 0.2) is 0 Å². The average Bonchev–Trinajstić information content (AvgIpc) is 2.24. The minimum atomic E-state index is -3.67. The minimum Gasteiger partial charge on any atom is -0.390 e. The van der Waals surface area contributed by atoms with Gasteiger partial charge >= 0.3 is 0 Å². The number of aliphatic hydroxyl groups is 1. The van der Waals surface area contributed by atoms with Crippen LogP contribution in [0.5, 0.6) is 0 Å². The number of benzene rings is 1. The molecule has 2 nitrogen and oxygen atoms in total. The Labute approximate surface area is 99.8 Å². The Hall–Kier alpha value is -0.490. The third kappa shape index (κ3) is 2.43. The highest BCUT2D eigenvalue weighted by molar-refractivity contribution is 6.42. The van der Waals surface area contributed by atoms with Crippen molar-refractivity contribution in [2.24, 2.45) is 5.73 Å². The first kappa shape index (κ1) is 13.6. The van der Waals surface area contributed by atoms with E-state index in [1.165, 1.54) is 0 Å². The highest BCUT2D eigenvalue weighted by Gasteiger charge is 2.40. The van der Waals surface area contributed by atoms with Gasteiger partial charge in [-0.3, -0.25) is 0 Å². The van der Waals surface area contributed by atoms with E-state index in [0.29, 0.717) is 0 Å². The van der Waals surface area contributed by atoms with Gasteiger partial charge in [-0.2, -0.15) is 0 Å². The van der Waals surface area contributed by atoms with Gasteiger partial charge in [0, 0.05) is 5.56 Å². The number of aliphatic hydroxyl groups excluding tert-OH is 1. The molecule has 0 fully saturated rings. The summed E-state index contributed by atoms with van der Waals surface area (Å²) in [5, 5.41) is 7.99. The molecule has 0 bridgehead atoms. The zero-order valence-electron chi connectivity index (χ0n) is 7.85. The second kappa shape index (κ2) is 4.79. The molecule has 0 spiro atoms. The fourth-order valence-electron chi connectivity index (χ4n) is 1.14. The van der Waals surface area contributed by atoms with Gasteiger partial charge in [0.25, 0.3) is 5.92 Å². The molecule has 0 aliphatic carbocycles. The van der Waals surface area contributed by atoms with Crippen LogP contribution in [0.25, 0.3) is 0 Å². The second-order valence-electron chi connectivity index (χ2n) is 3.15. The van der Waals surface area contributed by atoms with Crippen molar-refractivity contribution in [3.05, 3.63) is 33.6 Å². The molecular formula is C9H8Cl2F3NO. The Bertz CT molecular complexity index is 401. The predicted molar refractivity (Wildman–Crippen MR) is 55.4 cm³/mol. The van der Waals surface area contributed by atoms with Gasteiger partial charge in [-0.1, -0.05) is 23.2 Å². The molecule has 1 rings (SSSR count). The first-order valence-electron chi connectivity index (χ1n) is 4.19. The van der Waals surface area contributed by atoms with Crippen LogP contribution in [0, 0.1) is 5.82 Å². The van der Waals surface area contributed by atoms with Crippen molar-refractivity contribution in [3.63, 3.8) is 0 Å². The molecule has 0 radical (unpaired) electrons. The third-order valence-corrected chi connectivity index (χ3v) is 2.88. The summed E-state index contributed by atoms with van der Waals surface area (Å²) in [5.74, 6) is -4.66. The van der Waals surface area contributed by atoms with E-state index in [1.807, 2.05) is 0 Å². The quantitative estimate of drug-likeness (QED) is 0.832. The topological polar surface area (TPSA) is 46.2 Å². The molecule has 0 aliphatic heterocycles. The summed E-state index contributed by atoms with van der Waals surface area (Å²) < 4.78 is 39.5. The van der Waals surface area contributed by atoms with Gasteiger partial charge in [0.05, 0.1) is 10.0 Å². The van der Waals surface area contributed by atoms with Gasteiger partial charge in [0.2, 0.25) is 0 Å². The van der Waals surface area contributed by atoms with Gasteiger partial charge in [-0.15, -0.1) is 0 Å². The monoisotopic (exact) mass is 273 g/mol. The average molecular weight is 274 g/mol. The normalized spacial score (nSPS) is 13.9. The number of hydrogen-bond donors (Lipinski definition) is 2. The van der Waals surface area contributed by atoms with Crippen molar-refractivity contribution >= 4 is 23.2 Å². The SMILES string of the molecule is N[C@H](c1c(F)ccc(Cl)c1Cl)C(F)(F)CO. The molecule has 0 unspecified atom stereocenters. The van der Waals surface area contributed by atoms with E-state index in [1.54, 1.807) is 0 Å². The molecule has 1 aromatic rings. The number of nitrogens with two attached hydrogens (primary N) is 1. The summed E-state index contributed by atoms with van der Waals surface area (Å²) in [6, 6.07) is -0.0349. The zero-order valence-corrected chi connectivity index (χ0v) is 9.37. The summed E-state index contributed by atoms with van der Waals surface area (Å²) >= 11 is 11.2. The summed E-state index contributed by atoms with van der Waals surface area (Å²) in [4.78, 5) is 0. The van der Waals surface area contributed by atoms with Crippen LogP contribution in [-0.4, -0.2) is 17.6 Å². The van der Waals surface area contributed by atoms with Crippen molar-refractivity contribution in [2.75, 3.05) is 6.61 Å². The maximum atomic E-state index is 13.3. The molecule has 0 amide bonds. The summed E-state index contributed by atoms with van der Waals surface area (Å²) in [6.07, 6.45) is 0. The van der Waals surface area contributed by atoms with Gasteiger partial charge in [0.1, 0.15) is 18.5 Å². The molecule has 0 heterocycles. The van der Waals surface area contributed by atoms with Crippen molar-refractivity contribution in [1.82, 2.24) is 0 Å². The lowest BCUT2D eigenvalue weighted by Gasteiger charge is -2.23. The standard InChI is InChI=1S/C9H8Cl2F3NO/c10-4-1-2-5(12)6(7(4)11)8(15)9(13,14)3-16/h1-2,8,16H,3,15H2/t8-/m1/s1. The molecule has 0 aliphatic rings. The molecule has 1 aromatic carbocycles. The Balaban J connectivity index is 3.28. The first-order chi connectivity index (χ1) is 7.31. The Morgan fingerprint density at radius 2 is 1.94 bits per heavy atom. The van der Waals surface area contributed by atoms with Crippen molar-refractivity contribution in [2.45, 2.75) is 12.0 Å². The van der Waals surface area contributed by atoms with Crippen LogP contribution in [0.15, 0.2) is 12.1 Å². The van der Waals surface area contributed by atoms with Crippen LogP contribution >= 0.6 is 23.2 Å². The van der Waals surface area contributed by atoms with Crippen LogP contribution in [0.3, 0.4) is 0 Å². The van der Waals surface area contributed by atoms with E-state index < -0.39 is 30.0 Å². The van der Waals surface area contributed by atoms with Crippen molar-refractivity contribution in [3.8, 4) is 0 Å². The van der Waals surface area contributed by atoms with Gasteiger partial charge in [-0.25, -0.2) is 13.2 Å². The predicted octanol–water partition coefficient (Wildman–Crippen LogP) is 2.76. The van der Waals surface area contributed by atoms with Crippen molar-refractivity contribution < 1.29 is 18.3 Å². The number of halogens is 5. The first-order valence-corrected chi connectivity index (χ1v) is 4.94. The Kier molecular flexibility index (Phi) is 4.07. The molecular weight excluding hydrogens is 266 g/mol. The summed E-state index contributed by atoms with van der Waals surface area (Å²) in [7, 11) is 0. The molecule has 16 heavy (non-hydrogen) atoms. The molecule has 1 atom stereocenters. The maximum absolute atomic E-state index is 13.3. The lowest BCUT2D eigenvalue weighted by atomic mass is 10.0. The van der Waals surface area contributed by atoms with Crippen LogP contribution in [0.4, 0.5) is 13.2 Å². The lowest BCUT2D eigenvalue weighted by molar-refractivity contribution is -0.0718. The fourth-order valence-corrected chi connectivity index (χ4v) is 1.57. The van der Waals surface area contributed by atoms with E-state index in [-0.39, 0.29) is 10.0 Å². The molecule has 0 saturated heterocycles. The molecule has 0 aromatic heterocycles. The number of rotatable bonds is 3. The highest BCUT2D eigenvalue weighted by Crippen LogP contribution is 2.37. The Morgan fingerprint density at radius 1 is 1.38 bits per heavy atom. The second-order valence-corrected chi connectivity index (χ2v) is 3.94. The van der Waals surface area contributed by atoms with E-state index in [2.05, 4.69) is 0 Å². The smallest absolute Gasteiger partial charge is 0.289 e. The third-order valence-electron chi connectivity index (χ3n) is 2.06. The van der Waals surface area contributed by atoms with Crippen LogP contribution in [-0.2, 0) is 0 Å². The summed E-state index contributed by atoms with van der Waals surface area (Å²) in [6.45, 7) is -1.50. The zero-order chi connectivity index (χ0) is 12.5. The fraction of sp³-hybridized carbons (Fsp3) is 0.333. The largest absolute Gasteiger partial charge is 0.390 e. The molecule has 90 valence electrons. The van der Waals surface area contributed by atoms with Crippen LogP contribution in [0.2, 0.25) is 10.0 Å². The molecule has 7 heteroatoms. The Morgan fingerprint density at radius 3 is 2.44 bits per heavy atom. The van der Waals surface area contributed by atoms with E-state index in [9.17, 15) is 13.2 Å².